The number of benzene rings is 1. The van der Waals surface area contributed by atoms with Crippen LogP contribution in [0.1, 0.15) is 0 Å². The van der Waals surface area contributed by atoms with Crippen molar-refractivity contribution in [2.24, 2.45) is 0 Å². The SMILES string of the molecule is COC(=O)Cn1ccc2cc(NS(C)=O)ccc21. The van der Waals surface area contributed by atoms with E-state index in [1.54, 1.807) is 6.26 Å². The van der Waals surface area contributed by atoms with Crippen molar-refractivity contribution >= 4 is 33.5 Å². The number of nitrogens with zero attached hydrogens (tertiary/aromatic N) is 1. The number of hydrogen-bond acceptors (Lipinski definition) is 3. The highest BCUT2D eigenvalue weighted by Gasteiger charge is 2.06. The Morgan fingerprint density at radius 3 is 2.89 bits per heavy atom. The third-order valence-corrected chi connectivity index (χ3v) is 3.08. The Bertz CT molecular complexity index is 606. The molecule has 1 heterocycles. The molecule has 2 rings (SSSR count). The molecule has 1 unspecified atom stereocenters. The molecule has 0 fully saturated rings. The Morgan fingerprint density at radius 2 is 2.22 bits per heavy atom. The van der Waals surface area contributed by atoms with E-state index in [1.807, 2.05) is 35.0 Å². The van der Waals surface area contributed by atoms with Crippen LogP contribution in [0.4, 0.5) is 5.69 Å². The summed E-state index contributed by atoms with van der Waals surface area (Å²) < 4.78 is 20.4. The van der Waals surface area contributed by atoms with Gasteiger partial charge in [0.05, 0.1) is 7.11 Å². The number of ether oxygens (including phenoxy) is 1. The molecule has 1 N–H and O–H groups in total. The molecule has 0 radical (unpaired) electrons. The van der Waals surface area contributed by atoms with E-state index in [-0.39, 0.29) is 12.5 Å². The fourth-order valence-corrected chi connectivity index (χ4v) is 2.23. The van der Waals surface area contributed by atoms with Crippen LogP contribution in [0.15, 0.2) is 30.5 Å². The smallest absolute Gasteiger partial charge is 0.325 e. The lowest BCUT2D eigenvalue weighted by Gasteiger charge is -2.05. The monoisotopic (exact) mass is 266 g/mol. The fraction of sp³-hybridized carbons (Fsp3) is 0.250. The van der Waals surface area contributed by atoms with Gasteiger partial charge in [0.1, 0.15) is 17.5 Å². The molecule has 18 heavy (non-hydrogen) atoms. The molecule has 5 nitrogen and oxygen atoms in total. The average molecular weight is 266 g/mol. The molecule has 0 aliphatic rings. The highest BCUT2D eigenvalue weighted by atomic mass is 32.2. The van der Waals surface area contributed by atoms with Crippen LogP contribution in [-0.2, 0) is 27.1 Å². The van der Waals surface area contributed by atoms with Crippen molar-refractivity contribution in [1.82, 2.24) is 4.57 Å². The van der Waals surface area contributed by atoms with E-state index in [2.05, 4.69) is 9.46 Å². The van der Waals surface area contributed by atoms with E-state index in [0.717, 1.165) is 16.6 Å². The zero-order valence-electron chi connectivity index (χ0n) is 10.2. The van der Waals surface area contributed by atoms with Gasteiger partial charge in [0.25, 0.3) is 0 Å². The number of hydrogen-bond donors (Lipinski definition) is 1. The van der Waals surface area contributed by atoms with Gasteiger partial charge in [0, 0.05) is 29.0 Å². The topological polar surface area (TPSA) is 60.3 Å². The maximum Gasteiger partial charge on any atom is 0.325 e. The minimum Gasteiger partial charge on any atom is -0.468 e. The minimum absolute atomic E-state index is 0.187. The number of methoxy groups -OCH3 is 1. The van der Waals surface area contributed by atoms with E-state index in [4.69, 9.17) is 0 Å². The molecule has 0 bridgehead atoms. The van der Waals surface area contributed by atoms with Crippen LogP contribution >= 0.6 is 0 Å². The van der Waals surface area contributed by atoms with Crippen molar-refractivity contribution in [1.29, 1.82) is 0 Å². The van der Waals surface area contributed by atoms with E-state index in [0.29, 0.717) is 0 Å². The zero-order valence-corrected chi connectivity index (χ0v) is 11.0. The van der Waals surface area contributed by atoms with Gasteiger partial charge < -0.3 is 14.0 Å². The standard InChI is InChI=1S/C12H14N2O3S/c1-17-12(15)8-14-6-5-9-7-10(13-18(2)16)3-4-11(9)14/h3-7,13H,8H2,1-2H3. The van der Waals surface area contributed by atoms with Gasteiger partial charge >= 0.3 is 5.97 Å². The molecule has 1 aromatic heterocycles. The van der Waals surface area contributed by atoms with Crippen LogP contribution in [0.25, 0.3) is 10.9 Å². The molecule has 0 amide bonds. The number of carbonyl (C=O) groups is 1. The Balaban J connectivity index is 2.31. The third-order valence-electron chi connectivity index (χ3n) is 2.56. The Morgan fingerprint density at radius 1 is 1.44 bits per heavy atom. The van der Waals surface area contributed by atoms with Crippen LogP contribution in [-0.4, -0.2) is 28.1 Å². The van der Waals surface area contributed by atoms with Gasteiger partial charge in [-0.1, -0.05) is 0 Å². The summed E-state index contributed by atoms with van der Waals surface area (Å²) in [7, 11) is 0.274. The van der Waals surface area contributed by atoms with Crippen LogP contribution in [0.2, 0.25) is 0 Å². The van der Waals surface area contributed by atoms with Crippen molar-refractivity contribution < 1.29 is 13.7 Å². The van der Waals surface area contributed by atoms with Gasteiger partial charge in [0.2, 0.25) is 0 Å². The lowest BCUT2D eigenvalue weighted by Crippen LogP contribution is -2.10. The predicted octanol–water partition coefficient (Wildman–Crippen LogP) is 1.52. The summed E-state index contributed by atoms with van der Waals surface area (Å²) in [5, 5.41) is 0.981. The number of rotatable bonds is 4. The summed E-state index contributed by atoms with van der Waals surface area (Å²) in [6.45, 7) is 0.187. The van der Waals surface area contributed by atoms with Gasteiger partial charge in [-0.15, -0.1) is 0 Å². The molecular formula is C12H14N2O3S. The molecule has 1 aromatic carbocycles. The van der Waals surface area contributed by atoms with Crippen molar-refractivity contribution in [3.05, 3.63) is 30.5 Å². The van der Waals surface area contributed by atoms with Gasteiger partial charge in [0.15, 0.2) is 0 Å². The van der Waals surface area contributed by atoms with Gasteiger partial charge in [-0.05, 0) is 24.3 Å². The highest BCUT2D eigenvalue weighted by Crippen LogP contribution is 2.20. The summed E-state index contributed by atoms with van der Waals surface area (Å²) in [4.78, 5) is 11.2. The lowest BCUT2D eigenvalue weighted by atomic mass is 10.2. The molecule has 0 aliphatic heterocycles. The van der Waals surface area contributed by atoms with Gasteiger partial charge in [-0.25, -0.2) is 4.21 Å². The van der Waals surface area contributed by atoms with Crippen LogP contribution < -0.4 is 4.72 Å². The minimum atomic E-state index is -1.09. The number of nitrogens with one attached hydrogen (secondary N) is 1. The summed E-state index contributed by atoms with van der Waals surface area (Å²) in [5.74, 6) is -0.288. The van der Waals surface area contributed by atoms with Crippen LogP contribution in [0.5, 0.6) is 0 Å². The quantitative estimate of drug-likeness (QED) is 0.853. The largest absolute Gasteiger partial charge is 0.468 e. The van der Waals surface area contributed by atoms with Crippen LogP contribution in [0, 0.1) is 0 Å². The molecule has 96 valence electrons. The second kappa shape index (κ2) is 5.22. The number of anilines is 1. The first-order valence-corrected chi connectivity index (χ1v) is 6.92. The lowest BCUT2D eigenvalue weighted by molar-refractivity contribution is -0.141. The molecule has 0 saturated carbocycles. The number of fused-ring (bicyclic) bond motifs is 1. The number of esters is 1. The maximum absolute atomic E-state index is 11.2. The zero-order chi connectivity index (χ0) is 13.1. The summed E-state index contributed by atoms with van der Waals surface area (Å²) in [5.41, 5.74) is 1.73. The van der Waals surface area contributed by atoms with E-state index >= 15 is 0 Å². The maximum atomic E-state index is 11.2. The van der Waals surface area contributed by atoms with Gasteiger partial charge in [-0.2, -0.15) is 0 Å². The number of carbonyl (C=O) groups excluding carboxylic acids is 1. The Labute approximate surface area is 107 Å². The summed E-state index contributed by atoms with van der Waals surface area (Å²) in [6, 6.07) is 7.51. The van der Waals surface area contributed by atoms with Crippen molar-refractivity contribution in [2.75, 3.05) is 18.1 Å². The second-order valence-corrected chi connectivity index (χ2v) is 4.96. The first kappa shape index (κ1) is 12.6. The molecule has 2 aromatic rings. The average Bonchev–Trinajstić information content (AvgIpc) is 2.71. The highest BCUT2D eigenvalue weighted by molar-refractivity contribution is 7.85. The molecule has 0 aliphatic carbocycles. The molecular weight excluding hydrogens is 252 g/mol. The summed E-state index contributed by atoms with van der Waals surface area (Å²) >= 11 is 0. The van der Waals surface area contributed by atoms with Crippen molar-refractivity contribution in [3.63, 3.8) is 0 Å². The summed E-state index contributed by atoms with van der Waals surface area (Å²) in [6.07, 6.45) is 3.40. The normalized spacial score (nSPS) is 12.3. The van der Waals surface area contributed by atoms with Crippen molar-refractivity contribution in [3.8, 4) is 0 Å². The third kappa shape index (κ3) is 2.70. The van der Waals surface area contributed by atoms with Crippen LogP contribution in [0.3, 0.4) is 0 Å². The number of aromatic nitrogens is 1. The molecule has 0 spiro atoms. The van der Waals surface area contributed by atoms with E-state index < -0.39 is 11.0 Å². The fourth-order valence-electron chi connectivity index (χ4n) is 1.77. The first-order valence-electron chi connectivity index (χ1n) is 5.36. The Hall–Kier alpha value is -1.82. The first-order chi connectivity index (χ1) is 8.60. The van der Waals surface area contributed by atoms with Crippen molar-refractivity contribution in [2.45, 2.75) is 6.54 Å². The molecule has 0 saturated heterocycles. The molecule has 1 atom stereocenters. The molecule has 6 heteroatoms. The second-order valence-electron chi connectivity index (χ2n) is 3.85. The predicted molar refractivity (Wildman–Crippen MR) is 71.6 cm³/mol. The van der Waals surface area contributed by atoms with Gasteiger partial charge in [-0.3, -0.25) is 4.79 Å². The van der Waals surface area contributed by atoms with E-state index in [1.165, 1.54) is 7.11 Å². The Kier molecular flexibility index (Phi) is 3.66. The van der Waals surface area contributed by atoms with E-state index in [9.17, 15) is 9.00 Å².